The molecule has 1 spiro atoms. The molecule has 0 aromatic heterocycles. The van der Waals surface area contributed by atoms with Crippen molar-refractivity contribution < 1.29 is 9.84 Å². The summed E-state index contributed by atoms with van der Waals surface area (Å²) in [6.45, 7) is 10.4. The van der Waals surface area contributed by atoms with Crippen molar-refractivity contribution in [3.63, 3.8) is 0 Å². The second-order valence-electron chi connectivity index (χ2n) is 12.7. The summed E-state index contributed by atoms with van der Waals surface area (Å²) in [5.74, 6) is 4.78. The number of hydrogen-bond acceptors (Lipinski definition) is 2. The fourth-order valence-electron chi connectivity index (χ4n) is 9.74. The molecule has 0 aromatic carbocycles. The Morgan fingerprint density at radius 1 is 0.931 bits per heavy atom. The van der Waals surface area contributed by atoms with E-state index in [2.05, 4.69) is 27.7 Å². The van der Waals surface area contributed by atoms with E-state index in [1.165, 1.54) is 77.0 Å². The number of aliphatic hydroxyl groups excluding tert-OH is 1. The van der Waals surface area contributed by atoms with E-state index in [1.807, 2.05) is 0 Å². The van der Waals surface area contributed by atoms with Crippen molar-refractivity contribution in [1.29, 1.82) is 0 Å². The van der Waals surface area contributed by atoms with Gasteiger partial charge in [0, 0.05) is 6.61 Å². The van der Waals surface area contributed by atoms with E-state index in [0.717, 1.165) is 29.6 Å². The largest absolute Gasteiger partial charge is 0.396 e. The molecule has 1 heterocycles. The lowest BCUT2D eigenvalue weighted by Crippen LogP contribution is -2.58. The fraction of sp³-hybridized carbons (Fsp3) is 1.00. The molecule has 166 valence electrons. The molecule has 5 aliphatic rings. The standard InChI is InChI=1S/C27H46O2/c1-18(17-28)8-7-9-19(2)21-11-12-22-26(21,4)15-13-23-25(3)14-6-5-10-20(25)16-24-27(22,23)29-24/h18-24,28H,5-17H2,1-4H3/t18?,19-,20?,21-,22-,23-,24?,25+,26-,27-/m1/s1. The van der Waals surface area contributed by atoms with Gasteiger partial charge in [0.2, 0.25) is 0 Å². The van der Waals surface area contributed by atoms with Crippen LogP contribution in [-0.2, 0) is 4.74 Å². The molecule has 3 unspecified atom stereocenters. The van der Waals surface area contributed by atoms with E-state index in [0.29, 0.717) is 29.5 Å². The molecule has 1 saturated heterocycles. The zero-order chi connectivity index (χ0) is 20.4. The van der Waals surface area contributed by atoms with Crippen LogP contribution in [0.1, 0.15) is 105 Å². The van der Waals surface area contributed by atoms with Crippen molar-refractivity contribution in [3.05, 3.63) is 0 Å². The third kappa shape index (κ3) is 2.94. The molecule has 5 fully saturated rings. The normalized spacial score (nSPS) is 52.7. The van der Waals surface area contributed by atoms with Gasteiger partial charge in [-0.3, -0.25) is 0 Å². The van der Waals surface area contributed by atoms with Crippen LogP contribution in [0.4, 0.5) is 0 Å². The van der Waals surface area contributed by atoms with E-state index in [1.54, 1.807) is 0 Å². The van der Waals surface area contributed by atoms with Gasteiger partial charge in [-0.2, -0.15) is 0 Å². The maximum atomic E-state index is 9.34. The molecule has 29 heavy (non-hydrogen) atoms. The highest BCUT2D eigenvalue weighted by molar-refractivity contribution is 5.26. The van der Waals surface area contributed by atoms with E-state index in [-0.39, 0.29) is 5.60 Å². The number of hydrogen-bond donors (Lipinski definition) is 1. The predicted molar refractivity (Wildman–Crippen MR) is 119 cm³/mol. The minimum atomic E-state index is 0.273. The summed E-state index contributed by atoms with van der Waals surface area (Å²) in [5.41, 5.74) is 1.34. The molecular weight excluding hydrogens is 356 g/mol. The third-order valence-corrected chi connectivity index (χ3v) is 11.4. The SMILES string of the molecule is CC(CO)CCC[C@@H](C)[C@H]1CC[C@@H]2[C@]1(C)CC[C@H]1[C@]23OC3CC2CCCC[C@@]21C. The van der Waals surface area contributed by atoms with Crippen molar-refractivity contribution in [2.24, 2.45) is 46.3 Å². The first-order chi connectivity index (χ1) is 13.9. The molecule has 4 saturated carbocycles. The van der Waals surface area contributed by atoms with Crippen molar-refractivity contribution in [2.75, 3.05) is 6.61 Å². The average molecular weight is 403 g/mol. The molecule has 5 rings (SSSR count). The van der Waals surface area contributed by atoms with Crippen molar-refractivity contribution in [2.45, 2.75) is 116 Å². The second kappa shape index (κ2) is 7.22. The summed E-state index contributed by atoms with van der Waals surface area (Å²) < 4.78 is 6.83. The van der Waals surface area contributed by atoms with Crippen LogP contribution < -0.4 is 0 Å². The summed E-state index contributed by atoms with van der Waals surface area (Å²) in [7, 11) is 0. The number of rotatable bonds is 6. The first-order valence-corrected chi connectivity index (χ1v) is 13.1. The van der Waals surface area contributed by atoms with Crippen LogP contribution in [0, 0.1) is 46.3 Å². The predicted octanol–water partition coefficient (Wildman–Crippen LogP) is 6.60. The van der Waals surface area contributed by atoms with Crippen LogP contribution in [0.3, 0.4) is 0 Å². The molecular formula is C27H46O2. The molecule has 0 radical (unpaired) electrons. The Kier molecular flexibility index (Phi) is 5.18. The van der Waals surface area contributed by atoms with E-state index in [4.69, 9.17) is 4.74 Å². The Morgan fingerprint density at radius 2 is 1.72 bits per heavy atom. The van der Waals surface area contributed by atoms with Gasteiger partial charge in [-0.15, -0.1) is 0 Å². The van der Waals surface area contributed by atoms with Crippen LogP contribution in [-0.4, -0.2) is 23.4 Å². The Bertz CT molecular complexity index is 618. The smallest absolute Gasteiger partial charge is 0.101 e. The lowest BCUT2D eigenvalue weighted by Gasteiger charge is -2.59. The fourth-order valence-corrected chi connectivity index (χ4v) is 9.74. The summed E-state index contributed by atoms with van der Waals surface area (Å²) in [6.07, 6.45) is 17.4. The van der Waals surface area contributed by atoms with Crippen molar-refractivity contribution in [1.82, 2.24) is 0 Å². The van der Waals surface area contributed by atoms with Crippen LogP contribution in [0.2, 0.25) is 0 Å². The molecule has 0 amide bonds. The van der Waals surface area contributed by atoms with Gasteiger partial charge >= 0.3 is 0 Å². The zero-order valence-electron chi connectivity index (χ0n) is 19.6. The van der Waals surface area contributed by atoms with Gasteiger partial charge in [0.1, 0.15) is 5.60 Å². The molecule has 1 aliphatic heterocycles. The summed E-state index contributed by atoms with van der Waals surface area (Å²) in [4.78, 5) is 0. The molecule has 1 N–H and O–H groups in total. The highest BCUT2D eigenvalue weighted by Crippen LogP contribution is 2.76. The number of aliphatic hydroxyl groups is 1. The lowest BCUT2D eigenvalue weighted by atomic mass is 9.44. The first kappa shape index (κ1) is 20.8. The minimum absolute atomic E-state index is 0.273. The molecule has 4 aliphatic carbocycles. The van der Waals surface area contributed by atoms with Gasteiger partial charge in [-0.1, -0.05) is 53.4 Å². The van der Waals surface area contributed by atoms with E-state index < -0.39 is 0 Å². The van der Waals surface area contributed by atoms with Crippen molar-refractivity contribution >= 4 is 0 Å². The molecule has 0 bridgehead atoms. The zero-order valence-corrected chi connectivity index (χ0v) is 19.6. The van der Waals surface area contributed by atoms with Crippen LogP contribution in [0.5, 0.6) is 0 Å². The topological polar surface area (TPSA) is 32.8 Å². The highest BCUT2D eigenvalue weighted by Gasteiger charge is 2.78. The second-order valence-corrected chi connectivity index (χ2v) is 12.7. The van der Waals surface area contributed by atoms with Gasteiger partial charge in [-0.25, -0.2) is 0 Å². The monoisotopic (exact) mass is 402 g/mol. The van der Waals surface area contributed by atoms with Gasteiger partial charge in [0.15, 0.2) is 0 Å². The first-order valence-electron chi connectivity index (χ1n) is 13.1. The average Bonchev–Trinajstić information content (AvgIpc) is 3.28. The Balaban J connectivity index is 1.32. The molecule has 0 aromatic rings. The Labute approximate surface area is 179 Å². The quantitative estimate of drug-likeness (QED) is 0.508. The summed E-state index contributed by atoms with van der Waals surface area (Å²) in [6, 6.07) is 0. The molecule has 2 nitrogen and oxygen atoms in total. The van der Waals surface area contributed by atoms with Crippen molar-refractivity contribution in [3.8, 4) is 0 Å². The third-order valence-electron chi connectivity index (χ3n) is 11.4. The summed E-state index contributed by atoms with van der Waals surface area (Å²) in [5, 5.41) is 9.34. The Morgan fingerprint density at radius 3 is 2.52 bits per heavy atom. The number of epoxide rings is 1. The van der Waals surface area contributed by atoms with Crippen LogP contribution in [0.15, 0.2) is 0 Å². The maximum absolute atomic E-state index is 9.34. The number of ether oxygens (including phenoxy) is 1. The maximum Gasteiger partial charge on any atom is 0.101 e. The highest BCUT2D eigenvalue weighted by atomic mass is 16.6. The van der Waals surface area contributed by atoms with Crippen LogP contribution in [0.25, 0.3) is 0 Å². The summed E-state index contributed by atoms with van der Waals surface area (Å²) >= 11 is 0. The minimum Gasteiger partial charge on any atom is -0.396 e. The number of fused-ring (bicyclic) bond motifs is 3. The molecule has 10 atom stereocenters. The van der Waals surface area contributed by atoms with Gasteiger partial charge in [0.25, 0.3) is 0 Å². The molecule has 2 heteroatoms. The van der Waals surface area contributed by atoms with E-state index in [9.17, 15) is 5.11 Å². The van der Waals surface area contributed by atoms with Crippen LogP contribution >= 0.6 is 0 Å². The van der Waals surface area contributed by atoms with Gasteiger partial charge in [0.05, 0.1) is 6.10 Å². The van der Waals surface area contributed by atoms with Gasteiger partial charge in [-0.05, 0) is 97.7 Å². The van der Waals surface area contributed by atoms with E-state index >= 15 is 0 Å². The van der Waals surface area contributed by atoms with Gasteiger partial charge < -0.3 is 9.84 Å². The lowest BCUT2D eigenvalue weighted by molar-refractivity contribution is -0.104. The Hall–Kier alpha value is -0.0800.